The number of piperidine rings is 2. The molecule has 0 N–H and O–H groups in total. The minimum Gasteiger partial charge on any atom is -0.298 e. The molecule has 2 saturated carbocycles. The number of fused-ring (bicyclic) bond motifs is 2. The van der Waals surface area contributed by atoms with Gasteiger partial charge in [0.15, 0.2) is 0 Å². The number of rotatable bonds is 8. The van der Waals surface area contributed by atoms with Gasteiger partial charge in [-0.2, -0.15) is 0 Å². The van der Waals surface area contributed by atoms with Gasteiger partial charge >= 0.3 is 0 Å². The summed E-state index contributed by atoms with van der Waals surface area (Å²) in [5.74, 6) is 5.43. The third kappa shape index (κ3) is 6.10. The van der Waals surface area contributed by atoms with Gasteiger partial charge in [-0.15, -0.1) is 0 Å². The quantitative estimate of drug-likeness (QED) is 0.319. The average molecular weight is 549 g/mol. The molecule has 4 aliphatic rings. The highest BCUT2D eigenvalue weighted by Gasteiger charge is 2.48. The molecular weight excluding hydrogens is 484 g/mol. The molecule has 1 aromatic carbocycles. The lowest BCUT2D eigenvalue weighted by atomic mass is 9.63. The standard InChI is InChI=1S/C38H64N2/c1-9-37(5)25-27(3)33-23-31(19-21-35(33)39(37)7)17-15-29-11-13-30(14-12-29)16-18-32-20-22-36-34(24-32)28(4)26-38(6,10-2)40(36)8/h11-14,27-28,31-36H,9-10,15-26H2,1-8H3. The summed E-state index contributed by atoms with van der Waals surface area (Å²) < 4.78 is 0. The van der Waals surface area contributed by atoms with Crippen LogP contribution in [0.5, 0.6) is 0 Å². The Morgan fingerprint density at radius 3 is 1.38 bits per heavy atom. The van der Waals surface area contributed by atoms with Crippen LogP contribution in [0.3, 0.4) is 0 Å². The largest absolute Gasteiger partial charge is 0.298 e. The van der Waals surface area contributed by atoms with Crippen LogP contribution in [0, 0.1) is 35.5 Å². The molecule has 2 aliphatic carbocycles. The molecule has 4 fully saturated rings. The number of likely N-dealkylation sites (tertiary alicyclic amines) is 2. The normalized spacial score (nSPS) is 42.8. The zero-order valence-corrected chi connectivity index (χ0v) is 27.7. The van der Waals surface area contributed by atoms with Gasteiger partial charge in [-0.25, -0.2) is 0 Å². The van der Waals surface area contributed by atoms with Crippen LogP contribution in [0.1, 0.15) is 130 Å². The smallest absolute Gasteiger partial charge is 0.0181 e. The number of hydrogen-bond acceptors (Lipinski definition) is 2. The van der Waals surface area contributed by atoms with E-state index < -0.39 is 0 Å². The highest BCUT2D eigenvalue weighted by atomic mass is 15.2. The Bertz CT molecular complexity index is 878. The van der Waals surface area contributed by atoms with Gasteiger partial charge in [-0.3, -0.25) is 9.80 Å². The third-order valence-electron chi connectivity index (χ3n) is 13.9. The number of nitrogens with zero attached hydrogens (tertiary/aromatic N) is 2. The Labute approximate surface area is 249 Å². The van der Waals surface area contributed by atoms with Crippen molar-refractivity contribution in [2.24, 2.45) is 35.5 Å². The first kappa shape index (κ1) is 30.6. The molecule has 0 radical (unpaired) electrons. The molecule has 2 nitrogen and oxygen atoms in total. The summed E-state index contributed by atoms with van der Waals surface area (Å²) in [6, 6.07) is 11.5. The van der Waals surface area contributed by atoms with Gasteiger partial charge in [-0.05, 0) is 164 Å². The van der Waals surface area contributed by atoms with Crippen molar-refractivity contribution in [3.8, 4) is 0 Å². The van der Waals surface area contributed by atoms with Gasteiger partial charge < -0.3 is 0 Å². The molecule has 40 heavy (non-hydrogen) atoms. The summed E-state index contributed by atoms with van der Waals surface area (Å²) in [5.41, 5.74) is 3.96. The SMILES string of the molecule is CCC1(C)CC(C)C2CC(CCc3ccc(CCC4CCC5C(C4)C(C)CC(C)(CC)N5C)cc3)CCC2N1C. The summed E-state index contributed by atoms with van der Waals surface area (Å²) in [6.07, 6.45) is 19.3. The van der Waals surface area contributed by atoms with Gasteiger partial charge in [0.2, 0.25) is 0 Å². The molecule has 0 bridgehead atoms. The zero-order valence-electron chi connectivity index (χ0n) is 27.7. The molecule has 5 rings (SSSR count). The summed E-state index contributed by atoms with van der Waals surface area (Å²) in [5, 5.41) is 0. The molecule has 2 heterocycles. The molecule has 1 aromatic rings. The van der Waals surface area contributed by atoms with E-state index in [0.717, 1.165) is 47.6 Å². The second-order valence-electron chi connectivity index (χ2n) is 16.0. The minimum absolute atomic E-state index is 0.413. The van der Waals surface area contributed by atoms with Crippen LogP contribution in [0.25, 0.3) is 0 Å². The number of aryl methyl sites for hydroxylation is 2. The molecule has 2 saturated heterocycles. The number of hydrogen-bond donors (Lipinski definition) is 0. The molecule has 2 aliphatic heterocycles. The highest BCUT2D eigenvalue weighted by Crippen LogP contribution is 2.49. The van der Waals surface area contributed by atoms with Crippen molar-refractivity contribution in [2.75, 3.05) is 14.1 Å². The first-order valence-electron chi connectivity index (χ1n) is 17.6. The molecule has 0 aromatic heterocycles. The predicted octanol–water partition coefficient (Wildman–Crippen LogP) is 9.40. The monoisotopic (exact) mass is 549 g/mol. The third-order valence-corrected chi connectivity index (χ3v) is 13.9. The van der Waals surface area contributed by atoms with E-state index in [1.165, 1.54) is 89.9 Å². The Morgan fingerprint density at radius 2 is 1.02 bits per heavy atom. The van der Waals surface area contributed by atoms with Crippen LogP contribution in [-0.2, 0) is 12.8 Å². The summed E-state index contributed by atoms with van der Waals surface area (Å²) in [4.78, 5) is 5.57. The Balaban J connectivity index is 1.07. The average Bonchev–Trinajstić information content (AvgIpc) is 2.97. The zero-order chi connectivity index (χ0) is 28.7. The van der Waals surface area contributed by atoms with Gasteiger partial charge in [0.1, 0.15) is 0 Å². The predicted molar refractivity (Wildman–Crippen MR) is 173 cm³/mol. The molecular formula is C38H64N2. The highest BCUT2D eigenvalue weighted by molar-refractivity contribution is 5.23. The first-order chi connectivity index (χ1) is 19.1. The maximum Gasteiger partial charge on any atom is 0.0181 e. The molecule has 2 heteroatoms. The molecule has 0 spiro atoms. The van der Waals surface area contributed by atoms with Crippen LogP contribution >= 0.6 is 0 Å². The van der Waals surface area contributed by atoms with Crippen molar-refractivity contribution >= 4 is 0 Å². The van der Waals surface area contributed by atoms with Crippen molar-refractivity contribution in [3.05, 3.63) is 35.4 Å². The van der Waals surface area contributed by atoms with Gasteiger partial charge in [0, 0.05) is 23.2 Å². The first-order valence-corrected chi connectivity index (χ1v) is 17.6. The van der Waals surface area contributed by atoms with Crippen molar-refractivity contribution in [2.45, 2.75) is 155 Å². The fraction of sp³-hybridized carbons (Fsp3) is 0.842. The lowest BCUT2D eigenvalue weighted by Crippen LogP contribution is -2.59. The topological polar surface area (TPSA) is 6.48 Å². The molecule has 226 valence electrons. The van der Waals surface area contributed by atoms with E-state index in [1.54, 1.807) is 11.1 Å². The van der Waals surface area contributed by atoms with E-state index in [4.69, 9.17) is 0 Å². The van der Waals surface area contributed by atoms with E-state index >= 15 is 0 Å². The second kappa shape index (κ2) is 12.4. The van der Waals surface area contributed by atoms with Gasteiger partial charge in [0.25, 0.3) is 0 Å². The fourth-order valence-electron chi connectivity index (χ4n) is 10.5. The summed E-state index contributed by atoms with van der Waals surface area (Å²) in [7, 11) is 4.85. The number of benzene rings is 1. The maximum absolute atomic E-state index is 2.79. The minimum atomic E-state index is 0.413. The van der Waals surface area contributed by atoms with Crippen LogP contribution in [0.2, 0.25) is 0 Å². The van der Waals surface area contributed by atoms with Crippen LogP contribution in [0.4, 0.5) is 0 Å². The molecule has 10 atom stereocenters. The lowest BCUT2D eigenvalue weighted by molar-refractivity contribution is -0.0616. The van der Waals surface area contributed by atoms with E-state index in [1.807, 2.05) is 0 Å². The van der Waals surface area contributed by atoms with Crippen molar-refractivity contribution in [1.29, 1.82) is 0 Å². The maximum atomic E-state index is 2.79. The van der Waals surface area contributed by atoms with E-state index in [2.05, 4.69) is 89.7 Å². The molecule has 0 amide bonds. The van der Waals surface area contributed by atoms with E-state index in [9.17, 15) is 0 Å². The van der Waals surface area contributed by atoms with E-state index in [0.29, 0.717) is 11.1 Å². The lowest BCUT2D eigenvalue weighted by Gasteiger charge is -2.56. The van der Waals surface area contributed by atoms with E-state index in [-0.39, 0.29) is 0 Å². The van der Waals surface area contributed by atoms with Gasteiger partial charge in [0.05, 0.1) is 0 Å². The molecule has 10 unspecified atom stereocenters. The van der Waals surface area contributed by atoms with Crippen LogP contribution in [0.15, 0.2) is 24.3 Å². The van der Waals surface area contributed by atoms with Gasteiger partial charge in [-0.1, -0.05) is 52.0 Å². The Morgan fingerprint density at radius 1 is 0.650 bits per heavy atom. The summed E-state index contributed by atoms with van der Waals surface area (Å²) >= 11 is 0. The van der Waals surface area contributed by atoms with Crippen LogP contribution < -0.4 is 0 Å². The Kier molecular flexibility index (Phi) is 9.48. The fourth-order valence-corrected chi connectivity index (χ4v) is 10.5. The summed E-state index contributed by atoms with van der Waals surface area (Å²) in [6.45, 7) is 14.9. The Hall–Kier alpha value is -0.860. The van der Waals surface area contributed by atoms with Crippen molar-refractivity contribution < 1.29 is 0 Å². The van der Waals surface area contributed by atoms with Crippen molar-refractivity contribution in [1.82, 2.24) is 9.80 Å². The van der Waals surface area contributed by atoms with Crippen LogP contribution in [-0.4, -0.2) is 47.1 Å². The van der Waals surface area contributed by atoms with Crippen molar-refractivity contribution in [3.63, 3.8) is 0 Å². The second-order valence-corrected chi connectivity index (χ2v) is 16.0.